The number of benzene rings is 2. The standard InChI is InChI=1S/C18H18/c1-13(2)16-10-11-17(18(12-16)14(3)4)15-8-6-5-7-9-15/h5-12H,1,3H2,2,4H3. The molecule has 0 unspecified atom stereocenters. The molecular weight excluding hydrogens is 216 g/mol. The highest BCUT2D eigenvalue weighted by atomic mass is 14.1. The van der Waals surface area contributed by atoms with Crippen LogP contribution in [0.2, 0.25) is 0 Å². The average Bonchev–Trinajstić information content (AvgIpc) is 2.39. The van der Waals surface area contributed by atoms with Crippen LogP contribution in [0, 0.1) is 0 Å². The zero-order valence-corrected chi connectivity index (χ0v) is 11.0. The molecule has 0 amide bonds. The van der Waals surface area contributed by atoms with E-state index in [2.05, 4.69) is 55.6 Å². The minimum absolute atomic E-state index is 1.08. The van der Waals surface area contributed by atoms with Crippen LogP contribution < -0.4 is 0 Å². The van der Waals surface area contributed by atoms with Gasteiger partial charge in [-0.25, -0.2) is 0 Å². The molecule has 2 aromatic rings. The Bertz CT molecular complexity index is 589. The molecule has 0 heteroatoms. The lowest BCUT2D eigenvalue weighted by Gasteiger charge is -2.12. The van der Waals surface area contributed by atoms with Crippen LogP contribution in [0.4, 0.5) is 0 Å². The molecule has 0 heterocycles. The lowest BCUT2D eigenvalue weighted by atomic mass is 9.92. The highest BCUT2D eigenvalue weighted by Gasteiger charge is 2.07. The lowest BCUT2D eigenvalue weighted by Crippen LogP contribution is -1.89. The Morgan fingerprint density at radius 2 is 1.50 bits per heavy atom. The zero-order chi connectivity index (χ0) is 13.1. The van der Waals surface area contributed by atoms with E-state index in [1.807, 2.05) is 19.9 Å². The molecule has 0 nitrogen and oxygen atoms in total. The smallest absolute Gasteiger partial charge is 0.0109 e. The van der Waals surface area contributed by atoms with Crippen molar-refractivity contribution in [2.75, 3.05) is 0 Å². The van der Waals surface area contributed by atoms with Gasteiger partial charge in [0.1, 0.15) is 0 Å². The van der Waals surface area contributed by atoms with Crippen molar-refractivity contribution in [2.24, 2.45) is 0 Å². The van der Waals surface area contributed by atoms with Crippen LogP contribution >= 0.6 is 0 Å². The fourth-order valence-corrected chi connectivity index (χ4v) is 2.03. The maximum atomic E-state index is 4.08. The average molecular weight is 234 g/mol. The minimum atomic E-state index is 1.08. The van der Waals surface area contributed by atoms with Gasteiger partial charge in [-0.1, -0.05) is 66.8 Å². The van der Waals surface area contributed by atoms with Crippen LogP contribution in [-0.2, 0) is 0 Å². The molecule has 0 spiro atoms. The van der Waals surface area contributed by atoms with E-state index in [4.69, 9.17) is 0 Å². The molecule has 0 atom stereocenters. The molecule has 0 radical (unpaired) electrons. The van der Waals surface area contributed by atoms with Crippen molar-refractivity contribution >= 4 is 11.1 Å². The van der Waals surface area contributed by atoms with Crippen LogP contribution in [0.15, 0.2) is 61.7 Å². The summed E-state index contributed by atoms with van der Waals surface area (Å²) in [7, 11) is 0. The molecule has 0 N–H and O–H groups in total. The molecule has 18 heavy (non-hydrogen) atoms. The van der Waals surface area contributed by atoms with Gasteiger partial charge in [-0.2, -0.15) is 0 Å². The largest absolute Gasteiger partial charge is 0.0955 e. The van der Waals surface area contributed by atoms with E-state index < -0.39 is 0 Å². The van der Waals surface area contributed by atoms with Crippen LogP contribution in [0.5, 0.6) is 0 Å². The van der Waals surface area contributed by atoms with E-state index in [1.54, 1.807) is 0 Å². The Hall–Kier alpha value is -2.08. The van der Waals surface area contributed by atoms with Crippen LogP contribution in [0.1, 0.15) is 25.0 Å². The Kier molecular flexibility index (Phi) is 3.47. The third-order valence-electron chi connectivity index (χ3n) is 3.06. The van der Waals surface area contributed by atoms with E-state index in [-0.39, 0.29) is 0 Å². The van der Waals surface area contributed by atoms with Crippen molar-refractivity contribution in [3.8, 4) is 11.1 Å². The van der Waals surface area contributed by atoms with Crippen molar-refractivity contribution < 1.29 is 0 Å². The van der Waals surface area contributed by atoms with Crippen molar-refractivity contribution in [3.05, 3.63) is 72.8 Å². The monoisotopic (exact) mass is 234 g/mol. The lowest BCUT2D eigenvalue weighted by molar-refractivity contribution is 1.50. The van der Waals surface area contributed by atoms with Gasteiger partial charge in [-0.05, 0) is 42.2 Å². The van der Waals surface area contributed by atoms with Gasteiger partial charge in [0.05, 0.1) is 0 Å². The van der Waals surface area contributed by atoms with Gasteiger partial charge >= 0.3 is 0 Å². The molecule has 0 aliphatic heterocycles. The van der Waals surface area contributed by atoms with Gasteiger partial charge in [0.15, 0.2) is 0 Å². The number of hydrogen-bond acceptors (Lipinski definition) is 0. The Morgan fingerprint density at radius 3 is 2.06 bits per heavy atom. The molecule has 0 aromatic heterocycles. The van der Waals surface area contributed by atoms with Crippen molar-refractivity contribution in [2.45, 2.75) is 13.8 Å². The van der Waals surface area contributed by atoms with E-state index in [0.717, 1.165) is 11.1 Å². The predicted molar refractivity (Wildman–Crippen MR) is 81.3 cm³/mol. The predicted octanol–water partition coefficient (Wildman–Crippen LogP) is 5.42. The Balaban J connectivity index is 2.61. The molecule has 90 valence electrons. The SMILES string of the molecule is C=C(C)c1ccc(-c2ccccc2)c(C(=C)C)c1. The van der Waals surface area contributed by atoms with Gasteiger partial charge in [-0.15, -0.1) is 0 Å². The van der Waals surface area contributed by atoms with E-state index in [0.29, 0.717) is 0 Å². The van der Waals surface area contributed by atoms with Gasteiger partial charge in [0, 0.05) is 0 Å². The molecule has 0 aliphatic rings. The highest BCUT2D eigenvalue weighted by Crippen LogP contribution is 2.30. The van der Waals surface area contributed by atoms with Crippen LogP contribution in [0.3, 0.4) is 0 Å². The summed E-state index contributed by atoms with van der Waals surface area (Å²) >= 11 is 0. The minimum Gasteiger partial charge on any atom is -0.0955 e. The second kappa shape index (κ2) is 5.05. The summed E-state index contributed by atoms with van der Waals surface area (Å²) in [5.74, 6) is 0. The van der Waals surface area contributed by atoms with E-state index in [1.165, 1.54) is 22.3 Å². The number of hydrogen-bond donors (Lipinski definition) is 0. The summed E-state index contributed by atoms with van der Waals surface area (Å²) in [5.41, 5.74) is 6.99. The molecule has 2 rings (SSSR count). The summed E-state index contributed by atoms with van der Waals surface area (Å²) in [4.78, 5) is 0. The Morgan fingerprint density at radius 1 is 0.833 bits per heavy atom. The quantitative estimate of drug-likeness (QED) is 0.665. The Labute approximate surface area is 109 Å². The normalized spacial score (nSPS) is 10.1. The van der Waals surface area contributed by atoms with Crippen molar-refractivity contribution in [3.63, 3.8) is 0 Å². The fraction of sp³-hybridized carbons (Fsp3) is 0.111. The third-order valence-corrected chi connectivity index (χ3v) is 3.06. The summed E-state index contributed by atoms with van der Waals surface area (Å²) in [5, 5.41) is 0. The number of rotatable bonds is 3. The van der Waals surface area contributed by atoms with E-state index >= 15 is 0 Å². The molecular formula is C18H18. The fourth-order valence-electron chi connectivity index (χ4n) is 2.03. The molecule has 0 fully saturated rings. The first-order valence-electron chi connectivity index (χ1n) is 6.11. The molecule has 0 saturated heterocycles. The van der Waals surface area contributed by atoms with Crippen LogP contribution in [0.25, 0.3) is 22.3 Å². The zero-order valence-electron chi connectivity index (χ0n) is 11.0. The topological polar surface area (TPSA) is 0 Å². The van der Waals surface area contributed by atoms with E-state index in [9.17, 15) is 0 Å². The second-order valence-electron chi connectivity index (χ2n) is 4.69. The summed E-state index contributed by atoms with van der Waals surface area (Å²) in [6.07, 6.45) is 0. The molecule has 2 aromatic carbocycles. The highest BCUT2D eigenvalue weighted by molar-refractivity contribution is 5.82. The van der Waals surface area contributed by atoms with Gasteiger partial charge in [0.2, 0.25) is 0 Å². The molecule has 0 aliphatic carbocycles. The van der Waals surface area contributed by atoms with Crippen molar-refractivity contribution in [1.82, 2.24) is 0 Å². The first kappa shape index (κ1) is 12.4. The van der Waals surface area contributed by atoms with Gasteiger partial charge < -0.3 is 0 Å². The third kappa shape index (κ3) is 2.43. The summed E-state index contributed by atoms with van der Waals surface area (Å²) < 4.78 is 0. The number of allylic oxidation sites excluding steroid dienone is 2. The maximum Gasteiger partial charge on any atom is -0.0109 e. The summed E-state index contributed by atoms with van der Waals surface area (Å²) in [6.45, 7) is 12.2. The second-order valence-corrected chi connectivity index (χ2v) is 4.69. The first-order valence-corrected chi connectivity index (χ1v) is 6.11. The summed E-state index contributed by atoms with van der Waals surface area (Å²) in [6, 6.07) is 16.9. The van der Waals surface area contributed by atoms with Gasteiger partial charge in [-0.3, -0.25) is 0 Å². The van der Waals surface area contributed by atoms with Crippen molar-refractivity contribution in [1.29, 1.82) is 0 Å². The molecule has 0 saturated carbocycles. The van der Waals surface area contributed by atoms with Gasteiger partial charge in [0.25, 0.3) is 0 Å². The van der Waals surface area contributed by atoms with Crippen LogP contribution in [-0.4, -0.2) is 0 Å². The molecule has 0 bridgehead atoms. The maximum absolute atomic E-state index is 4.08. The first-order chi connectivity index (χ1) is 8.59.